The predicted molar refractivity (Wildman–Crippen MR) is 163 cm³/mol. The highest BCUT2D eigenvalue weighted by molar-refractivity contribution is 4.96. The Morgan fingerprint density at radius 2 is 0.618 bits per heavy atom. The standard InChI is InChI=1S/C30H50O25/c31-1-7-13(34)18(39)26(49-7)46-5-11-23(54-29-19(40)14(35)8(2-32)50-29)22(43)28(53-11)47-6-12-24(55-30-20(41)15(36)9(3-33)51-30)21(42)27(52-12)45-4-10-16(37)17(38)25(44)48-10/h7-44H,1-6H2/t7-,8-,9-,10-,11-,12-,13-,14-,15-,16-,17+,18+,19+,20+,21+,22+,23-,24-,25?,26+,27+,28+,29-,30-/m0/s1. The fourth-order valence-electron chi connectivity index (χ4n) is 6.99. The summed E-state index contributed by atoms with van der Waals surface area (Å²) in [5.74, 6) is 0. The summed E-state index contributed by atoms with van der Waals surface area (Å²) in [6.07, 6.45) is -36.4. The molecule has 0 aliphatic carbocycles. The molecule has 0 saturated carbocycles. The van der Waals surface area contributed by atoms with Crippen LogP contribution >= 0.6 is 0 Å². The summed E-state index contributed by atoms with van der Waals surface area (Å²) in [7, 11) is 0. The van der Waals surface area contributed by atoms with Gasteiger partial charge in [-0.3, -0.25) is 0 Å². The Balaban J connectivity index is 1.14. The second-order valence-electron chi connectivity index (χ2n) is 13.9. The average Bonchev–Trinajstić information content (AvgIpc) is 3.95. The summed E-state index contributed by atoms with van der Waals surface area (Å²) < 4.78 is 61.3. The molecule has 0 spiro atoms. The highest BCUT2D eigenvalue weighted by Gasteiger charge is 2.55. The van der Waals surface area contributed by atoms with Gasteiger partial charge in [-0.2, -0.15) is 0 Å². The lowest BCUT2D eigenvalue weighted by molar-refractivity contribution is -0.233. The second kappa shape index (κ2) is 18.5. The second-order valence-corrected chi connectivity index (χ2v) is 13.9. The third-order valence-electron chi connectivity index (χ3n) is 10.3. The minimum atomic E-state index is -1.74. The molecule has 25 heteroatoms. The Labute approximate surface area is 311 Å². The lowest BCUT2D eigenvalue weighted by Gasteiger charge is -2.27. The van der Waals surface area contributed by atoms with E-state index in [1.165, 1.54) is 0 Å². The van der Waals surface area contributed by atoms with Crippen LogP contribution in [0.15, 0.2) is 0 Å². The summed E-state index contributed by atoms with van der Waals surface area (Å²) in [5.41, 5.74) is 0. The molecule has 1 unspecified atom stereocenters. The smallest absolute Gasteiger partial charge is 0.187 e. The van der Waals surface area contributed by atoms with Crippen LogP contribution in [0.1, 0.15) is 0 Å². The van der Waals surface area contributed by atoms with Crippen molar-refractivity contribution in [1.29, 1.82) is 0 Å². The van der Waals surface area contributed by atoms with Gasteiger partial charge in [-0.25, -0.2) is 0 Å². The first-order valence-electron chi connectivity index (χ1n) is 17.6. The quantitative estimate of drug-likeness (QED) is 0.0688. The van der Waals surface area contributed by atoms with Crippen LogP contribution in [0.5, 0.6) is 0 Å². The summed E-state index contributed by atoms with van der Waals surface area (Å²) in [6, 6.07) is 0. The zero-order valence-electron chi connectivity index (χ0n) is 28.9. The molecule has 0 radical (unpaired) electrons. The number of hydrogen-bond donors (Lipinski definition) is 14. The molecule has 6 saturated heterocycles. The van der Waals surface area contributed by atoms with Crippen molar-refractivity contribution in [1.82, 2.24) is 0 Å². The van der Waals surface area contributed by atoms with E-state index in [1.807, 2.05) is 0 Å². The van der Waals surface area contributed by atoms with Gasteiger partial charge in [0.2, 0.25) is 0 Å². The molecule has 6 fully saturated rings. The monoisotopic (exact) mass is 810 g/mol. The van der Waals surface area contributed by atoms with Crippen LogP contribution in [-0.2, 0) is 52.1 Å². The molecule has 0 aromatic rings. The maximum atomic E-state index is 11.3. The topological polar surface area (TPSA) is 385 Å². The molecule has 6 rings (SSSR count). The third kappa shape index (κ3) is 8.97. The van der Waals surface area contributed by atoms with Crippen LogP contribution in [0.4, 0.5) is 0 Å². The zero-order valence-corrected chi connectivity index (χ0v) is 28.9. The van der Waals surface area contributed by atoms with Crippen LogP contribution in [0.3, 0.4) is 0 Å². The molecule has 14 N–H and O–H groups in total. The van der Waals surface area contributed by atoms with Gasteiger partial charge < -0.3 is 124 Å². The van der Waals surface area contributed by atoms with Gasteiger partial charge in [0.25, 0.3) is 0 Å². The first-order chi connectivity index (χ1) is 26.2. The Kier molecular flexibility index (Phi) is 14.7. The van der Waals surface area contributed by atoms with E-state index >= 15 is 0 Å². The highest BCUT2D eigenvalue weighted by atomic mass is 16.8. The van der Waals surface area contributed by atoms with Gasteiger partial charge in [-0.1, -0.05) is 0 Å². The van der Waals surface area contributed by atoms with Gasteiger partial charge in [0.05, 0.1) is 39.6 Å². The van der Waals surface area contributed by atoms with Crippen LogP contribution in [-0.4, -0.2) is 259 Å². The van der Waals surface area contributed by atoms with Crippen LogP contribution in [0.2, 0.25) is 0 Å². The van der Waals surface area contributed by atoms with E-state index in [0.717, 1.165) is 0 Å². The molecule has 6 heterocycles. The molecule has 25 nitrogen and oxygen atoms in total. The van der Waals surface area contributed by atoms with E-state index in [0.29, 0.717) is 0 Å². The number of rotatable bonds is 16. The lowest BCUT2D eigenvalue weighted by atomic mass is 10.1. The predicted octanol–water partition coefficient (Wildman–Crippen LogP) is -10.3. The van der Waals surface area contributed by atoms with Crippen molar-refractivity contribution in [3.8, 4) is 0 Å². The van der Waals surface area contributed by atoms with Gasteiger partial charge in [0.1, 0.15) is 110 Å². The lowest BCUT2D eigenvalue weighted by Crippen LogP contribution is -2.45. The normalized spacial score (nSPS) is 52.9. The third-order valence-corrected chi connectivity index (χ3v) is 10.3. The number of aliphatic hydroxyl groups is 14. The largest absolute Gasteiger partial charge is 0.394 e. The maximum absolute atomic E-state index is 11.3. The number of hydrogen-bond acceptors (Lipinski definition) is 25. The summed E-state index contributed by atoms with van der Waals surface area (Å²) >= 11 is 0. The molecule has 24 atom stereocenters. The first kappa shape index (κ1) is 43.6. The molecule has 0 amide bonds. The fourth-order valence-corrected chi connectivity index (χ4v) is 6.99. The van der Waals surface area contributed by atoms with Crippen LogP contribution < -0.4 is 0 Å². The zero-order chi connectivity index (χ0) is 39.9. The number of ether oxygens (including phenoxy) is 11. The van der Waals surface area contributed by atoms with E-state index in [9.17, 15) is 71.5 Å². The first-order valence-corrected chi connectivity index (χ1v) is 17.6. The molecule has 6 aliphatic heterocycles. The fraction of sp³-hybridized carbons (Fsp3) is 1.00. The van der Waals surface area contributed by atoms with Crippen molar-refractivity contribution in [3.05, 3.63) is 0 Å². The van der Waals surface area contributed by atoms with Gasteiger partial charge in [-0.15, -0.1) is 0 Å². The maximum Gasteiger partial charge on any atom is 0.187 e. The molecule has 0 aromatic heterocycles. The highest BCUT2D eigenvalue weighted by Crippen LogP contribution is 2.35. The van der Waals surface area contributed by atoms with Gasteiger partial charge >= 0.3 is 0 Å². The van der Waals surface area contributed by atoms with Crippen molar-refractivity contribution < 1.29 is 124 Å². The van der Waals surface area contributed by atoms with Crippen molar-refractivity contribution in [3.63, 3.8) is 0 Å². The van der Waals surface area contributed by atoms with Gasteiger partial charge in [0, 0.05) is 0 Å². The summed E-state index contributed by atoms with van der Waals surface area (Å²) in [4.78, 5) is 0. The molecular formula is C30H50O25. The van der Waals surface area contributed by atoms with Gasteiger partial charge in [0.15, 0.2) is 37.7 Å². The average molecular weight is 811 g/mol. The van der Waals surface area contributed by atoms with Crippen LogP contribution in [0, 0.1) is 0 Å². The summed E-state index contributed by atoms with van der Waals surface area (Å²) in [5, 5.41) is 142. The Bertz CT molecular complexity index is 1210. The summed E-state index contributed by atoms with van der Waals surface area (Å²) in [6.45, 7) is -3.67. The van der Waals surface area contributed by atoms with Crippen molar-refractivity contribution >= 4 is 0 Å². The van der Waals surface area contributed by atoms with Crippen LogP contribution in [0.25, 0.3) is 0 Å². The Morgan fingerprint density at radius 3 is 0.964 bits per heavy atom. The Hall–Kier alpha value is -1.00. The minimum Gasteiger partial charge on any atom is -0.394 e. The minimum absolute atomic E-state index is 0.521. The molecule has 320 valence electrons. The SMILES string of the molecule is OC[C@@H]1O[C@@H](OC[C@@H]2O[C@@H](OC[C@@H]3O[C@@H](OC[C@@H]4OC(O)[C@H](O)[C@H]4O)[C@H](O)[C@H]3O[C@@H]3O[C@@H](CO)[C@H](O)[C@H]3O)[C@H](O)[C@H]2O[C@@H]2O[C@@H](CO)[C@H](O)[C@H]2O)[C@H](O)[C@H]1O. The van der Waals surface area contributed by atoms with Crippen molar-refractivity contribution in [2.24, 2.45) is 0 Å². The van der Waals surface area contributed by atoms with E-state index in [1.54, 1.807) is 0 Å². The molecule has 6 aliphatic rings. The Morgan fingerprint density at radius 1 is 0.309 bits per heavy atom. The molecular weight excluding hydrogens is 760 g/mol. The van der Waals surface area contributed by atoms with E-state index < -0.39 is 187 Å². The molecule has 0 bridgehead atoms. The van der Waals surface area contributed by atoms with Crippen molar-refractivity contribution in [2.45, 2.75) is 148 Å². The molecule has 0 aromatic carbocycles. The van der Waals surface area contributed by atoms with E-state index in [2.05, 4.69) is 0 Å². The van der Waals surface area contributed by atoms with Gasteiger partial charge in [-0.05, 0) is 0 Å². The number of aliphatic hydroxyl groups excluding tert-OH is 14. The van der Waals surface area contributed by atoms with E-state index in [-0.39, 0.29) is 0 Å². The van der Waals surface area contributed by atoms with E-state index in [4.69, 9.17) is 52.1 Å². The molecule has 55 heavy (non-hydrogen) atoms. The van der Waals surface area contributed by atoms with Crippen molar-refractivity contribution in [2.75, 3.05) is 39.6 Å².